The van der Waals surface area contributed by atoms with Crippen LogP contribution in [0.1, 0.15) is 61.7 Å². The molecule has 1 heterocycles. The number of rotatable bonds is 1. The maximum atomic E-state index is 6.27. The Kier molecular flexibility index (Phi) is 2.06. The molecule has 2 aliphatic carbocycles. The van der Waals surface area contributed by atoms with Crippen LogP contribution in [0.5, 0.6) is 0 Å². The van der Waals surface area contributed by atoms with Crippen molar-refractivity contribution in [2.45, 2.75) is 57.9 Å². The number of fused-ring (bicyclic) bond motifs is 1. The Bertz CT molecular complexity index is 429. The number of aromatic nitrogens is 1. The van der Waals surface area contributed by atoms with Gasteiger partial charge in [0.25, 0.3) is 0 Å². The molecule has 2 aliphatic rings. The van der Waals surface area contributed by atoms with Crippen molar-refractivity contribution < 1.29 is 0 Å². The maximum Gasteiger partial charge on any atom is 0.0990 e. The highest BCUT2D eigenvalue weighted by molar-refractivity contribution is 7.12. The quantitative estimate of drug-likeness (QED) is 0.813. The molecule has 2 N–H and O–H groups in total. The van der Waals surface area contributed by atoms with E-state index in [1.807, 2.05) is 11.3 Å². The Labute approximate surface area is 101 Å². The van der Waals surface area contributed by atoms with Crippen LogP contribution in [0.25, 0.3) is 0 Å². The molecule has 0 bridgehead atoms. The molecule has 1 aromatic heterocycles. The van der Waals surface area contributed by atoms with E-state index in [1.165, 1.54) is 28.4 Å². The number of nitrogens with zero attached hydrogens (tertiary/aromatic N) is 1. The zero-order valence-corrected chi connectivity index (χ0v) is 11.2. The molecular weight excluding hydrogens is 216 g/mol. The van der Waals surface area contributed by atoms with Gasteiger partial charge in [0.15, 0.2) is 0 Å². The van der Waals surface area contributed by atoms with E-state index in [0.29, 0.717) is 10.8 Å². The fraction of sp³-hybridized carbons (Fsp3) is 0.769. The maximum absolute atomic E-state index is 6.27. The van der Waals surface area contributed by atoms with Crippen LogP contribution in [-0.2, 0) is 11.8 Å². The summed E-state index contributed by atoms with van der Waals surface area (Å²) >= 11 is 1.88. The molecule has 3 heteroatoms. The van der Waals surface area contributed by atoms with E-state index in [1.54, 1.807) is 0 Å². The fourth-order valence-electron chi connectivity index (χ4n) is 2.65. The van der Waals surface area contributed by atoms with Crippen LogP contribution >= 0.6 is 11.3 Å². The molecule has 1 atom stereocenters. The smallest absolute Gasteiger partial charge is 0.0990 e. The van der Waals surface area contributed by atoms with Gasteiger partial charge >= 0.3 is 0 Å². The third-order valence-corrected chi connectivity index (χ3v) is 5.53. The summed E-state index contributed by atoms with van der Waals surface area (Å²) in [5.74, 6) is 0. The molecule has 88 valence electrons. The SMILES string of the molecule is CC1(C)Cc2nc(C3(C)CC3)sc2C(N)C1. The molecule has 0 aliphatic heterocycles. The largest absolute Gasteiger partial charge is 0.323 e. The number of hydrogen-bond donors (Lipinski definition) is 1. The molecule has 0 saturated heterocycles. The fourth-order valence-corrected chi connectivity index (χ4v) is 3.94. The van der Waals surface area contributed by atoms with Crippen molar-refractivity contribution in [1.29, 1.82) is 0 Å². The van der Waals surface area contributed by atoms with E-state index in [-0.39, 0.29) is 6.04 Å². The topological polar surface area (TPSA) is 38.9 Å². The molecule has 0 spiro atoms. The van der Waals surface area contributed by atoms with Crippen molar-refractivity contribution in [3.05, 3.63) is 15.6 Å². The van der Waals surface area contributed by atoms with Crippen LogP contribution < -0.4 is 5.73 Å². The molecular formula is C13H20N2S. The van der Waals surface area contributed by atoms with Crippen molar-refractivity contribution in [2.75, 3.05) is 0 Å². The van der Waals surface area contributed by atoms with Crippen molar-refractivity contribution in [3.8, 4) is 0 Å². The molecule has 3 rings (SSSR count). The Morgan fingerprint density at radius 2 is 2.00 bits per heavy atom. The molecule has 1 fully saturated rings. The summed E-state index contributed by atoms with van der Waals surface area (Å²) in [4.78, 5) is 6.23. The molecule has 0 aromatic carbocycles. The Balaban J connectivity index is 2.00. The molecule has 0 amide bonds. The Hall–Kier alpha value is -0.410. The average molecular weight is 236 g/mol. The molecule has 0 radical (unpaired) electrons. The van der Waals surface area contributed by atoms with Gasteiger partial charge < -0.3 is 5.73 Å². The van der Waals surface area contributed by atoms with Gasteiger partial charge in [0.05, 0.1) is 10.7 Å². The first-order chi connectivity index (χ1) is 7.40. The lowest BCUT2D eigenvalue weighted by Gasteiger charge is -2.32. The zero-order valence-electron chi connectivity index (χ0n) is 10.3. The molecule has 1 aromatic rings. The Morgan fingerprint density at radius 3 is 2.62 bits per heavy atom. The monoisotopic (exact) mass is 236 g/mol. The molecule has 2 nitrogen and oxygen atoms in total. The van der Waals surface area contributed by atoms with Crippen LogP contribution in [0.3, 0.4) is 0 Å². The van der Waals surface area contributed by atoms with Gasteiger partial charge in [-0.1, -0.05) is 20.8 Å². The van der Waals surface area contributed by atoms with Crippen molar-refractivity contribution in [1.82, 2.24) is 4.98 Å². The van der Waals surface area contributed by atoms with Crippen LogP contribution in [0, 0.1) is 5.41 Å². The third-order valence-electron chi connectivity index (χ3n) is 4.00. The standard InChI is InChI=1S/C13H20N2S/c1-12(2)6-8(14)10-9(7-12)15-11(16-10)13(3)4-5-13/h8H,4-7,14H2,1-3H3. The van der Waals surface area contributed by atoms with Gasteiger partial charge in [-0.3, -0.25) is 0 Å². The summed E-state index contributed by atoms with van der Waals surface area (Å²) in [5, 5.41) is 1.34. The summed E-state index contributed by atoms with van der Waals surface area (Å²) in [5.41, 5.74) is 8.27. The lowest BCUT2D eigenvalue weighted by atomic mass is 9.77. The van der Waals surface area contributed by atoms with Gasteiger partial charge in [0.2, 0.25) is 0 Å². The van der Waals surface area contributed by atoms with E-state index in [0.717, 1.165) is 12.8 Å². The van der Waals surface area contributed by atoms with E-state index in [4.69, 9.17) is 10.7 Å². The normalized spacial score (nSPS) is 29.9. The van der Waals surface area contributed by atoms with E-state index >= 15 is 0 Å². The van der Waals surface area contributed by atoms with Crippen LogP contribution in [0.15, 0.2) is 0 Å². The van der Waals surface area contributed by atoms with Crippen LogP contribution in [-0.4, -0.2) is 4.98 Å². The zero-order chi connectivity index (χ0) is 11.6. The summed E-state index contributed by atoms with van der Waals surface area (Å²) in [6.45, 7) is 6.93. The van der Waals surface area contributed by atoms with Crippen LogP contribution in [0.2, 0.25) is 0 Å². The molecule has 1 unspecified atom stereocenters. The summed E-state index contributed by atoms with van der Waals surface area (Å²) < 4.78 is 0. The first-order valence-corrected chi connectivity index (χ1v) is 6.97. The highest BCUT2D eigenvalue weighted by Crippen LogP contribution is 2.51. The van der Waals surface area contributed by atoms with E-state index < -0.39 is 0 Å². The van der Waals surface area contributed by atoms with Gasteiger partial charge in [-0.15, -0.1) is 11.3 Å². The van der Waals surface area contributed by atoms with E-state index in [2.05, 4.69) is 20.8 Å². The minimum atomic E-state index is 0.215. The van der Waals surface area contributed by atoms with Gasteiger partial charge in [0, 0.05) is 16.3 Å². The number of nitrogens with two attached hydrogens (primary N) is 1. The second-order valence-electron chi connectivity index (χ2n) is 6.54. The lowest BCUT2D eigenvalue weighted by molar-refractivity contribution is 0.282. The van der Waals surface area contributed by atoms with Gasteiger partial charge in [-0.2, -0.15) is 0 Å². The molecule has 1 saturated carbocycles. The predicted octanol–water partition coefficient (Wildman–Crippen LogP) is 3.17. The summed E-state index contributed by atoms with van der Waals surface area (Å²) in [6, 6.07) is 0.215. The van der Waals surface area contributed by atoms with Crippen molar-refractivity contribution in [2.24, 2.45) is 11.1 Å². The van der Waals surface area contributed by atoms with Crippen LogP contribution in [0.4, 0.5) is 0 Å². The summed E-state index contributed by atoms with van der Waals surface area (Å²) in [7, 11) is 0. The average Bonchev–Trinajstić information content (AvgIpc) is 2.75. The highest BCUT2D eigenvalue weighted by Gasteiger charge is 2.44. The van der Waals surface area contributed by atoms with Crippen molar-refractivity contribution >= 4 is 11.3 Å². The number of thiazole rings is 1. The Morgan fingerprint density at radius 1 is 1.31 bits per heavy atom. The minimum Gasteiger partial charge on any atom is -0.323 e. The second-order valence-corrected chi connectivity index (χ2v) is 7.57. The number of hydrogen-bond acceptors (Lipinski definition) is 3. The second kappa shape index (κ2) is 3.08. The van der Waals surface area contributed by atoms with Gasteiger partial charge in [-0.05, 0) is 31.1 Å². The minimum absolute atomic E-state index is 0.215. The highest BCUT2D eigenvalue weighted by atomic mass is 32.1. The lowest BCUT2D eigenvalue weighted by Crippen LogP contribution is -2.28. The van der Waals surface area contributed by atoms with Gasteiger partial charge in [0.1, 0.15) is 0 Å². The first kappa shape index (κ1) is 10.7. The predicted molar refractivity (Wildman–Crippen MR) is 67.7 cm³/mol. The summed E-state index contributed by atoms with van der Waals surface area (Å²) in [6.07, 6.45) is 4.80. The third kappa shape index (κ3) is 1.61. The first-order valence-electron chi connectivity index (χ1n) is 6.15. The van der Waals surface area contributed by atoms with Crippen molar-refractivity contribution in [3.63, 3.8) is 0 Å². The van der Waals surface area contributed by atoms with Gasteiger partial charge in [-0.25, -0.2) is 4.98 Å². The molecule has 16 heavy (non-hydrogen) atoms. The van der Waals surface area contributed by atoms with E-state index in [9.17, 15) is 0 Å².